The van der Waals surface area contributed by atoms with Crippen molar-refractivity contribution in [3.8, 4) is 5.75 Å². The Labute approximate surface area is 187 Å². The molecule has 2 aromatic rings. The molecular formula is C19H18ClF4N3O6. The van der Waals surface area contributed by atoms with Crippen LogP contribution in [0, 0.1) is 5.82 Å². The Morgan fingerprint density at radius 1 is 1.21 bits per heavy atom. The number of anilines is 1. The predicted octanol–water partition coefficient (Wildman–Crippen LogP) is 3.36. The first-order valence-corrected chi connectivity index (χ1v) is 9.97. The van der Waals surface area contributed by atoms with Crippen LogP contribution < -0.4 is 20.8 Å². The number of hydrogen-bond acceptors (Lipinski definition) is 6. The molecule has 1 aliphatic heterocycles. The van der Waals surface area contributed by atoms with Gasteiger partial charge in [0.2, 0.25) is 5.43 Å². The summed E-state index contributed by atoms with van der Waals surface area (Å²) in [5.41, 5.74) is 5.84. The Balaban J connectivity index is 0.000000383. The number of benzene rings is 1. The fraction of sp³-hybridized carbons (Fsp3) is 0.421. The van der Waals surface area contributed by atoms with Gasteiger partial charge in [-0.05, 0) is 25.3 Å². The van der Waals surface area contributed by atoms with Gasteiger partial charge in [-0.25, -0.2) is 14.0 Å². The molecule has 0 radical (unpaired) electrons. The van der Waals surface area contributed by atoms with Crippen LogP contribution in [0.15, 0.2) is 17.1 Å². The third-order valence-corrected chi connectivity index (χ3v) is 5.43. The normalized spacial score (nSPS) is 18.1. The number of carbonyl (C=O) groups is 2. The highest BCUT2D eigenvalue weighted by atomic mass is 35.5. The Morgan fingerprint density at radius 3 is 2.27 bits per heavy atom. The van der Waals surface area contributed by atoms with Crippen molar-refractivity contribution < 1.29 is 42.1 Å². The van der Waals surface area contributed by atoms with Crippen molar-refractivity contribution in [1.29, 1.82) is 0 Å². The van der Waals surface area contributed by atoms with E-state index in [1.807, 2.05) is 0 Å². The van der Waals surface area contributed by atoms with Crippen LogP contribution in [0.25, 0.3) is 10.9 Å². The zero-order valence-electron chi connectivity index (χ0n) is 16.7. The number of aromatic nitrogens is 1. The molecule has 33 heavy (non-hydrogen) atoms. The molecule has 1 saturated carbocycles. The number of alkyl halides is 3. The van der Waals surface area contributed by atoms with Crippen LogP contribution in [0.2, 0.25) is 5.02 Å². The van der Waals surface area contributed by atoms with Gasteiger partial charge in [0.05, 0.1) is 27.8 Å². The SMILES string of the molecule is N[C@H]1CCN(c2c(F)cc3c(=O)c(OC(=O)O)cn(C4CC4)c3c2Cl)C1.O=C(O)C(F)(F)F. The zero-order valence-corrected chi connectivity index (χ0v) is 17.5. The summed E-state index contributed by atoms with van der Waals surface area (Å²) in [7, 11) is 0. The van der Waals surface area contributed by atoms with Crippen molar-refractivity contribution in [1.82, 2.24) is 4.57 Å². The molecule has 1 aromatic carbocycles. The molecule has 0 amide bonds. The second-order valence-electron chi connectivity index (χ2n) is 7.54. The van der Waals surface area contributed by atoms with E-state index in [2.05, 4.69) is 4.74 Å². The van der Waals surface area contributed by atoms with E-state index < -0.39 is 29.5 Å². The number of halogens is 5. The largest absolute Gasteiger partial charge is 0.511 e. The van der Waals surface area contributed by atoms with E-state index in [-0.39, 0.29) is 33.9 Å². The van der Waals surface area contributed by atoms with Gasteiger partial charge in [-0.15, -0.1) is 0 Å². The first kappa shape index (κ1) is 24.6. The van der Waals surface area contributed by atoms with Crippen LogP contribution in [0.3, 0.4) is 0 Å². The monoisotopic (exact) mass is 495 g/mol. The van der Waals surface area contributed by atoms with E-state index >= 15 is 0 Å². The quantitative estimate of drug-likeness (QED) is 0.436. The van der Waals surface area contributed by atoms with Crippen LogP contribution in [0.4, 0.5) is 28.0 Å². The maximum Gasteiger partial charge on any atom is 0.511 e. The third-order valence-electron chi connectivity index (χ3n) is 5.07. The number of nitrogens with zero attached hydrogens (tertiary/aromatic N) is 2. The Kier molecular flexibility index (Phi) is 6.75. The summed E-state index contributed by atoms with van der Waals surface area (Å²) in [6.07, 6.45) is -2.88. The van der Waals surface area contributed by atoms with Crippen LogP contribution in [0.1, 0.15) is 25.3 Å². The van der Waals surface area contributed by atoms with Gasteiger partial charge in [-0.2, -0.15) is 13.2 Å². The number of carboxylic acids is 1. The van der Waals surface area contributed by atoms with Gasteiger partial charge in [-0.3, -0.25) is 4.79 Å². The first-order valence-electron chi connectivity index (χ1n) is 9.59. The highest BCUT2D eigenvalue weighted by Crippen LogP contribution is 2.43. The molecule has 4 N–H and O–H groups in total. The number of carboxylic acid groups (broad SMARTS) is 2. The van der Waals surface area contributed by atoms with Gasteiger partial charge in [0.25, 0.3) is 0 Å². The van der Waals surface area contributed by atoms with Crippen molar-refractivity contribution in [3.63, 3.8) is 0 Å². The second kappa shape index (κ2) is 9.06. The molecule has 0 spiro atoms. The van der Waals surface area contributed by atoms with Gasteiger partial charge in [0.1, 0.15) is 5.82 Å². The van der Waals surface area contributed by atoms with Gasteiger partial charge in [0.15, 0.2) is 5.75 Å². The van der Waals surface area contributed by atoms with Gasteiger partial charge in [-0.1, -0.05) is 11.6 Å². The molecule has 0 unspecified atom stereocenters. The summed E-state index contributed by atoms with van der Waals surface area (Å²) < 4.78 is 52.9. The number of rotatable bonds is 3. The average Bonchev–Trinajstić information content (AvgIpc) is 3.45. The molecule has 14 heteroatoms. The molecule has 1 saturated heterocycles. The number of pyridine rings is 1. The topological polar surface area (TPSA) is 135 Å². The number of fused-ring (bicyclic) bond motifs is 1. The molecular weight excluding hydrogens is 478 g/mol. The highest BCUT2D eigenvalue weighted by molar-refractivity contribution is 6.38. The van der Waals surface area contributed by atoms with Gasteiger partial charge < -0.3 is 30.2 Å². The van der Waals surface area contributed by atoms with E-state index in [4.69, 9.17) is 32.3 Å². The first-order chi connectivity index (χ1) is 15.3. The molecule has 1 aromatic heterocycles. The standard InChI is InChI=1S/C17H17ClFN3O4.C2HF3O2/c18-13-14-10(5-11(19)15(13)21-4-3-8(20)6-21)16(23)12(26-17(24)25)7-22(14)9-1-2-9;3-2(4,5)1(6)7/h5,7-9H,1-4,6,20H2,(H,24,25);(H,6,7)/t8-;/m0./s1. The molecule has 2 heterocycles. The Bertz CT molecular complexity index is 1170. The Hall–Kier alpha value is -3.06. The summed E-state index contributed by atoms with van der Waals surface area (Å²) in [5, 5.41) is 16.1. The molecule has 0 bridgehead atoms. The van der Waals surface area contributed by atoms with Crippen molar-refractivity contribution in [2.24, 2.45) is 5.73 Å². The molecule has 2 fully saturated rings. The molecule has 9 nitrogen and oxygen atoms in total. The molecule has 1 atom stereocenters. The predicted molar refractivity (Wildman–Crippen MR) is 109 cm³/mol. The summed E-state index contributed by atoms with van der Waals surface area (Å²) >= 11 is 6.54. The van der Waals surface area contributed by atoms with Gasteiger partial charge >= 0.3 is 18.3 Å². The van der Waals surface area contributed by atoms with Crippen LogP contribution in [0.5, 0.6) is 5.75 Å². The summed E-state index contributed by atoms with van der Waals surface area (Å²) in [6, 6.07) is 1.13. The van der Waals surface area contributed by atoms with E-state index in [0.29, 0.717) is 18.6 Å². The Morgan fingerprint density at radius 2 is 1.82 bits per heavy atom. The molecule has 180 valence electrons. The number of hydrogen-bond donors (Lipinski definition) is 3. The van der Waals surface area contributed by atoms with Gasteiger partial charge in [0, 0.05) is 25.2 Å². The fourth-order valence-corrected chi connectivity index (χ4v) is 3.90. The lowest BCUT2D eigenvalue weighted by Crippen LogP contribution is -2.27. The maximum absolute atomic E-state index is 14.8. The molecule has 1 aliphatic carbocycles. The molecule has 2 aliphatic rings. The number of ether oxygens (including phenoxy) is 1. The maximum atomic E-state index is 14.8. The lowest BCUT2D eigenvalue weighted by Gasteiger charge is -2.23. The summed E-state index contributed by atoms with van der Waals surface area (Å²) in [5.74, 6) is -3.75. The second-order valence-corrected chi connectivity index (χ2v) is 7.92. The van der Waals surface area contributed by atoms with Crippen LogP contribution in [-0.4, -0.2) is 52.2 Å². The van der Waals surface area contributed by atoms with Crippen molar-refractivity contribution in [3.05, 3.63) is 33.3 Å². The minimum Gasteiger partial charge on any atom is -0.475 e. The van der Waals surface area contributed by atoms with Crippen LogP contribution in [-0.2, 0) is 4.79 Å². The zero-order chi connectivity index (χ0) is 24.7. The average molecular weight is 496 g/mol. The summed E-state index contributed by atoms with van der Waals surface area (Å²) in [6.45, 7) is 1.06. The third kappa shape index (κ3) is 5.30. The van der Waals surface area contributed by atoms with Crippen molar-refractivity contribution in [2.45, 2.75) is 37.5 Å². The lowest BCUT2D eigenvalue weighted by atomic mass is 10.1. The fourth-order valence-electron chi connectivity index (χ4n) is 3.49. The number of aliphatic carboxylic acids is 1. The van der Waals surface area contributed by atoms with Crippen molar-refractivity contribution >= 4 is 40.3 Å². The van der Waals surface area contributed by atoms with Crippen molar-refractivity contribution in [2.75, 3.05) is 18.0 Å². The summed E-state index contributed by atoms with van der Waals surface area (Å²) in [4.78, 5) is 34.1. The number of nitrogens with two attached hydrogens (primary N) is 1. The van der Waals surface area contributed by atoms with Crippen LogP contribution >= 0.6 is 11.6 Å². The van der Waals surface area contributed by atoms with E-state index in [1.165, 1.54) is 6.20 Å². The highest BCUT2D eigenvalue weighted by Gasteiger charge is 2.38. The minimum absolute atomic E-state index is 0.00500. The smallest absolute Gasteiger partial charge is 0.475 e. The lowest BCUT2D eigenvalue weighted by molar-refractivity contribution is -0.192. The van der Waals surface area contributed by atoms with E-state index in [0.717, 1.165) is 25.3 Å². The van der Waals surface area contributed by atoms with E-state index in [9.17, 15) is 27.2 Å². The van der Waals surface area contributed by atoms with E-state index in [1.54, 1.807) is 9.47 Å². The minimum atomic E-state index is -5.08. The molecule has 4 rings (SSSR count).